The molecule has 2 saturated heterocycles. The highest BCUT2D eigenvalue weighted by Gasteiger charge is 2.41. The highest BCUT2D eigenvalue weighted by atomic mass is 35.5. The van der Waals surface area contributed by atoms with Gasteiger partial charge in [0.1, 0.15) is 10.8 Å². The van der Waals surface area contributed by atoms with E-state index < -0.39 is 15.6 Å². The van der Waals surface area contributed by atoms with Crippen LogP contribution in [-0.2, 0) is 10.0 Å². The molecule has 2 aromatic rings. The molecule has 12 heteroatoms. The number of piperidine rings is 1. The Bertz CT molecular complexity index is 1220. The van der Waals surface area contributed by atoms with E-state index >= 15 is 0 Å². The number of benzene rings is 1. The molecule has 1 aromatic heterocycles. The highest BCUT2D eigenvalue weighted by molar-refractivity contribution is 7.90. The molecule has 0 amide bonds. The zero-order valence-electron chi connectivity index (χ0n) is 21.7. The minimum Gasteiger partial charge on any atom is -0.494 e. The van der Waals surface area contributed by atoms with E-state index in [9.17, 15) is 8.42 Å². The lowest BCUT2D eigenvalue weighted by molar-refractivity contribution is 0.312. The molecule has 1 saturated carbocycles. The zero-order chi connectivity index (χ0) is 26.2. The highest BCUT2D eigenvalue weighted by Crippen LogP contribution is 2.35. The van der Waals surface area contributed by atoms with Gasteiger partial charge in [-0.15, -0.1) is 0 Å². The number of halogens is 1. The molecule has 1 aromatic carbocycles. The van der Waals surface area contributed by atoms with Gasteiger partial charge in [0.25, 0.3) is 0 Å². The molecule has 0 unspecified atom stereocenters. The smallest absolute Gasteiger partial charge is 0.229 e. The molecule has 2 N–H and O–H groups in total. The third-order valence-corrected chi connectivity index (χ3v) is 9.94. The number of anilines is 4. The Kier molecular flexibility index (Phi) is 7.41. The Morgan fingerprint density at radius 2 is 1.78 bits per heavy atom. The van der Waals surface area contributed by atoms with Crippen molar-refractivity contribution < 1.29 is 13.2 Å². The van der Waals surface area contributed by atoms with Crippen LogP contribution in [0, 0.1) is 0 Å². The van der Waals surface area contributed by atoms with Crippen molar-refractivity contribution in [2.24, 2.45) is 0 Å². The lowest BCUT2D eigenvalue weighted by atomic mass is 9.91. The molecule has 10 nitrogen and oxygen atoms in total. The third kappa shape index (κ3) is 6.05. The quantitative estimate of drug-likeness (QED) is 0.514. The topological polar surface area (TPSA) is 103 Å². The van der Waals surface area contributed by atoms with Gasteiger partial charge < -0.3 is 24.8 Å². The Balaban J connectivity index is 1.27. The number of aromatic nitrogens is 2. The zero-order valence-corrected chi connectivity index (χ0v) is 23.3. The minimum atomic E-state index is -3.24. The summed E-state index contributed by atoms with van der Waals surface area (Å²) >= 11 is 6.50. The summed E-state index contributed by atoms with van der Waals surface area (Å²) in [5.41, 5.74) is 1.44. The fourth-order valence-corrected chi connectivity index (χ4v) is 6.95. The first-order chi connectivity index (χ1) is 17.7. The predicted octanol–water partition coefficient (Wildman–Crippen LogP) is 3.07. The molecule has 0 radical (unpaired) electrons. The summed E-state index contributed by atoms with van der Waals surface area (Å²) in [6, 6.07) is 6.11. The van der Waals surface area contributed by atoms with Crippen LogP contribution in [0.3, 0.4) is 0 Å². The average Bonchev–Trinajstić information content (AvgIpc) is 3.73. The van der Waals surface area contributed by atoms with Crippen molar-refractivity contribution in [2.45, 2.75) is 43.4 Å². The number of hydrogen-bond acceptors (Lipinski definition) is 9. The number of likely N-dealkylation sites (N-methyl/N-ethyl adjacent to an activating group) is 1. The summed E-state index contributed by atoms with van der Waals surface area (Å²) in [5.74, 6) is 1.78. The van der Waals surface area contributed by atoms with Crippen molar-refractivity contribution in [3.05, 3.63) is 29.4 Å². The lowest BCUT2D eigenvalue weighted by Gasteiger charge is -2.40. The van der Waals surface area contributed by atoms with Crippen LogP contribution in [0.1, 0.15) is 32.6 Å². The summed E-state index contributed by atoms with van der Waals surface area (Å²) in [6.45, 7) is 7.29. The second-order valence-electron chi connectivity index (χ2n) is 10.6. The Morgan fingerprint density at radius 3 is 2.43 bits per heavy atom. The van der Waals surface area contributed by atoms with Crippen LogP contribution in [0.15, 0.2) is 24.4 Å². The molecule has 3 aliphatic rings. The molecule has 2 aliphatic heterocycles. The normalized spacial score (nSPS) is 20.6. The van der Waals surface area contributed by atoms with Gasteiger partial charge in [-0.3, -0.25) is 0 Å². The first kappa shape index (κ1) is 26.3. The van der Waals surface area contributed by atoms with Crippen molar-refractivity contribution in [1.29, 1.82) is 0 Å². The lowest BCUT2D eigenvalue weighted by Crippen LogP contribution is -2.54. The van der Waals surface area contributed by atoms with Crippen LogP contribution < -0.4 is 24.6 Å². The summed E-state index contributed by atoms with van der Waals surface area (Å²) in [6.07, 6.45) is 4.45. The summed E-state index contributed by atoms with van der Waals surface area (Å²) in [4.78, 5) is 15.9. The second-order valence-corrected chi connectivity index (χ2v) is 12.9. The summed E-state index contributed by atoms with van der Waals surface area (Å²) in [5, 5.41) is 3.52. The number of rotatable bonds is 8. The van der Waals surface area contributed by atoms with E-state index in [2.05, 4.69) is 42.8 Å². The van der Waals surface area contributed by atoms with Crippen LogP contribution in [0.25, 0.3) is 0 Å². The molecular formula is C25H36ClN7O3S. The number of methoxy groups -OCH3 is 1. The van der Waals surface area contributed by atoms with Gasteiger partial charge in [-0.1, -0.05) is 11.6 Å². The van der Waals surface area contributed by atoms with Crippen LogP contribution in [0.4, 0.5) is 23.1 Å². The number of hydrogen-bond donors (Lipinski definition) is 2. The minimum absolute atomic E-state index is 0.222. The average molecular weight is 550 g/mol. The van der Waals surface area contributed by atoms with Crippen LogP contribution in [0.2, 0.25) is 5.02 Å². The van der Waals surface area contributed by atoms with Gasteiger partial charge in [0.05, 0.1) is 24.2 Å². The van der Waals surface area contributed by atoms with Gasteiger partial charge >= 0.3 is 0 Å². The molecular weight excluding hydrogens is 514 g/mol. The molecule has 1 aliphatic carbocycles. The van der Waals surface area contributed by atoms with Crippen LogP contribution >= 0.6 is 11.6 Å². The number of nitrogens with zero attached hydrogens (tertiary/aromatic N) is 5. The molecule has 5 rings (SSSR count). The van der Waals surface area contributed by atoms with Crippen molar-refractivity contribution in [3.8, 4) is 5.75 Å². The molecule has 0 bridgehead atoms. The number of ether oxygens (including phenoxy) is 1. The maximum atomic E-state index is 12.5. The number of sulfonamides is 1. The van der Waals surface area contributed by atoms with E-state index in [1.807, 2.05) is 19.1 Å². The largest absolute Gasteiger partial charge is 0.494 e. The number of piperazine rings is 1. The van der Waals surface area contributed by atoms with Crippen molar-refractivity contribution in [3.63, 3.8) is 0 Å². The maximum Gasteiger partial charge on any atom is 0.229 e. The van der Waals surface area contributed by atoms with Crippen molar-refractivity contribution >= 4 is 44.8 Å². The monoisotopic (exact) mass is 549 g/mol. The van der Waals surface area contributed by atoms with E-state index in [4.69, 9.17) is 21.3 Å². The summed E-state index contributed by atoms with van der Waals surface area (Å²) in [7, 11) is 0.557. The SMILES string of the molecule is COc1cc(N2CCN(C)CC2)ccc1Nc1ncc(Cl)c(N2CCC(C)(NS(=O)(=O)C3CC3)CC2)n1. The fourth-order valence-electron chi connectivity index (χ4n) is 4.92. The van der Waals surface area contributed by atoms with Gasteiger partial charge in [-0.25, -0.2) is 18.1 Å². The molecule has 3 fully saturated rings. The molecule has 37 heavy (non-hydrogen) atoms. The van der Waals surface area contributed by atoms with Gasteiger partial charge in [-0.05, 0) is 51.8 Å². The van der Waals surface area contributed by atoms with Gasteiger partial charge in [-0.2, -0.15) is 4.98 Å². The molecule has 202 valence electrons. The first-order valence-corrected chi connectivity index (χ1v) is 14.8. The summed E-state index contributed by atoms with van der Waals surface area (Å²) < 4.78 is 33.6. The Labute approximate surface area is 224 Å². The van der Waals surface area contributed by atoms with E-state index in [-0.39, 0.29) is 5.25 Å². The van der Waals surface area contributed by atoms with E-state index in [0.717, 1.165) is 50.4 Å². The third-order valence-electron chi connectivity index (χ3n) is 7.54. The van der Waals surface area contributed by atoms with Crippen LogP contribution in [0.5, 0.6) is 5.75 Å². The maximum absolute atomic E-state index is 12.5. The van der Waals surface area contributed by atoms with Crippen molar-refractivity contribution in [2.75, 3.05) is 68.5 Å². The second kappa shape index (κ2) is 10.4. The van der Waals surface area contributed by atoms with Crippen LogP contribution in [-0.4, -0.2) is 87.5 Å². The molecule has 3 heterocycles. The standard InChI is InChI=1S/C25H36ClN7O3S/c1-25(30-37(34,35)19-5-6-19)8-10-33(11-9-25)23-20(26)17-27-24(29-23)28-21-7-4-18(16-22(21)36-3)32-14-12-31(2)13-15-32/h4,7,16-17,19,30H,5-6,8-15H2,1-3H3,(H,27,28,29). The Hall–Kier alpha value is -2.34. The van der Waals surface area contributed by atoms with E-state index in [0.29, 0.717) is 48.5 Å². The van der Waals surface area contributed by atoms with Crippen molar-refractivity contribution in [1.82, 2.24) is 19.6 Å². The first-order valence-electron chi connectivity index (χ1n) is 12.8. The van der Waals surface area contributed by atoms with Gasteiger partial charge in [0.2, 0.25) is 16.0 Å². The molecule has 0 spiro atoms. The van der Waals surface area contributed by atoms with Gasteiger partial charge in [0, 0.05) is 56.6 Å². The predicted molar refractivity (Wildman–Crippen MR) is 148 cm³/mol. The molecule has 0 atom stereocenters. The van der Waals surface area contributed by atoms with E-state index in [1.165, 1.54) is 0 Å². The fraction of sp³-hybridized carbons (Fsp3) is 0.600. The van der Waals surface area contributed by atoms with Gasteiger partial charge in [0.15, 0.2) is 5.82 Å². The van der Waals surface area contributed by atoms with E-state index in [1.54, 1.807) is 13.3 Å². The number of nitrogens with one attached hydrogen (secondary N) is 2. The Morgan fingerprint density at radius 1 is 1.08 bits per heavy atom.